The van der Waals surface area contributed by atoms with Crippen LogP contribution in [0.4, 0.5) is 5.82 Å². The largest absolute Gasteiger partial charge is 0.384 e. The predicted molar refractivity (Wildman–Crippen MR) is 78.6 cm³/mol. The molecule has 0 saturated carbocycles. The predicted octanol–water partition coefficient (Wildman–Crippen LogP) is 1.51. The number of nitrogens with one attached hydrogen (secondary N) is 1. The summed E-state index contributed by atoms with van der Waals surface area (Å²) < 4.78 is 1.68. The second-order valence-corrected chi connectivity index (χ2v) is 4.50. The van der Waals surface area contributed by atoms with Gasteiger partial charge in [-0.05, 0) is 19.1 Å². The molecule has 20 heavy (non-hydrogen) atoms. The lowest BCUT2D eigenvalue weighted by Gasteiger charge is -2.02. The SMILES string of the molecule is CC(=O)N/N=C(\C)Cc1cc(N)n(-c2ccccc2)n1. The number of hydrogen-bond donors (Lipinski definition) is 2. The topological polar surface area (TPSA) is 85.3 Å². The summed E-state index contributed by atoms with van der Waals surface area (Å²) in [6.07, 6.45) is 0.532. The Morgan fingerprint density at radius 3 is 2.70 bits per heavy atom. The number of rotatable bonds is 4. The molecule has 0 aliphatic carbocycles. The summed E-state index contributed by atoms with van der Waals surface area (Å²) in [7, 11) is 0. The number of hydrazone groups is 1. The van der Waals surface area contributed by atoms with Crippen molar-refractivity contribution in [2.24, 2.45) is 5.10 Å². The highest BCUT2D eigenvalue weighted by Crippen LogP contribution is 2.14. The molecule has 0 aliphatic heterocycles. The van der Waals surface area contributed by atoms with Crippen molar-refractivity contribution in [1.82, 2.24) is 15.2 Å². The Labute approximate surface area is 117 Å². The summed E-state index contributed by atoms with van der Waals surface area (Å²) in [4.78, 5) is 10.8. The van der Waals surface area contributed by atoms with Gasteiger partial charge >= 0.3 is 0 Å². The first-order valence-corrected chi connectivity index (χ1v) is 6.26. The van der Waals surface area contributed by atoms with E-state index < -0.39 is 0 Å². The van der Waals surface area contributed by atoms with E-state index in [1.807, 2.05) is 37.3 Å². The smallest absolute Gasteiger partial charge is 0.236 e. The number of carbonyl (C=O) groups excluding carboxylic acids is 1. The maximum absolute atomic E-state index is 10.8. The van der Waals surface area contributed by atoms with Gasteiger partial charge in [0.15, 0.2) is 0 Å². The molecule has 1 aromatic heterocycles. The van der Waals surface area contributed by atoms with Crippen molar-refractivity contribution in [3.05, 3.63) is 42.1 Å². The van der Waals surface area contributed by atoms with E-state index in [2.05, 4.69) is 15.6 Å². The molecule has 0 radical (unpaired) electrons. The third kappa shape index (κ3) is 3.44. The van der Waals surface area contributed by atoms with Gasteiger partial charge in [-0.1, -0.05) is 18.2 Å². The highest BCUT2D eigenvalue weighted by Gasteiger charge is 2.07. The van der Waals surface area contributed by atoms with Crippen LogP contribution in [-0.4, -0.2) is 21.4 Å². The number of amides is 1. The molecule has 6 nitrogen and oxygen atoms in total. The first-order valence-electron chi connectivity index (χ1n) is 6.26. The Morgan fingerprint density at radius 2 is 2.05 bits per heavy atom. The number of nitrogens with two attached hydrogens (primary N) is 1. The van der Waals surface area contributed by atoms with Gasteiger partial charge in [0.05, 0.1) is 11.4 Å². The molecule has 2 rings (SSSR count). The third-order valence-corrected chi connectivity index (χ3v) is 2.63. The van der Waals surface area contributed by atoms with Crippen LogP contribution < -0.4 is 11.2 Å². The molecule has 0 aliphatic rings. The monoisotopic (exact) mass is 271 g/mol. The first kappa shape index (κ1) is 13.8. The van der Waals surface area contributed by atoms with Crippen molar-refractivity contribution in [3.8, 4) is 5.69 Å². The van der Waals surface area contributed by atoms with E-state index in [0.717, 1.165) is 17.1 Å². The number of benzene rings is 1. The van der Waals surface area contributed by atoms with Gasteiger partial charge in [0.2, 0.25) is 5.91 Å². The molecule has 0 fully saturated rings. The van der Waals surface area contributed by atoms with Crippen LogP contribution in [0.25, 0.3) is 5.69 Å². The fourth-order valence-electron chi connectivity index (χ4n) is 1.79. The van der Waals surface area contributed by atoms with E-state index >= 15 is 0 Å². The Hall–Kier alpha value is -2.63. The van der Waals surface area contributed by atoms with Crippen LogP contribution in [0.5, 0.6) is 0 Å². The van der Waals surface area contributed by atoms with Crippen LogP contribution in [0.1, 0.15) is 19.5 Å². The number of nitrogens with zero attached hydrogens (tertiary/aromatic N) is 3. The lowest BCUT2D eigenvalue weighted by Crippen LogP contribution is -2.15. The molecule has 3 N–H and O–H groups in total. The Bertz CT molecular complexity index is 630. The normalized spacial score (nSPS) is 11.4. The number of nitrogen functional groups attached to an aromatic ring is 1. The molecule has 1 heterocycles. The Kier molecular flexibility index (Phi) is 4.14. The third-order valence-electron chi connectivity index (χ3n) is 2.63. The summed E-state index contributed by atoms with van der Waals surface area (Å²) in [5.74, 6) is 0.372. The van der Waals surface area contributed by atoms with Gasteiger partial charge in [-0.3, -0.25) is 4.79 Å². The quantitative estimate of drug-likeness (QED) is 0.653. The molecule has 1 aromatic carbocycles. The lowest BCUT2D eigenvalue weighted by molar-refractivity contribution is -0.118. The molecule has 6 heteroatoms. The minimum Gasteiger partial charge on any atom is -0.384 e. The minimum atomic E-state index is -0.196. The molecule has 0 unspecified atom stereocenters. The van der Waals surface area contributed by atoms with Crippen LogP contribution in [0.15, 0.2) is 41.5 Å². The average Bonchev–Trinajstić information content (AvgIpc) is 2.78. The fraction of sp³-hybridized carbons (Fsp3) is 0.214. The molecule has 2 aromatic rings. The van der Waals surface area contributed by atoms with Gasteiger partial charge < -0.3 is 5.73 Å². The van der Waals surface area contributed by atoms with E-state index in [1.54, 1.807) is 10.7 Å². The minimum absolute atomic E-state index is 0.196. The van der Waals surface area contributed by atoms with Gasteiger partial charge in [-0.2, -0.15) is 10.2 Å². The number of carbonyl (C=O) groups is 1. The zero-order valence-electron chi connectivity index (χ0n) is 11.5. The summed E-state index contributed by atoms with van der Waals surface area (Å²) in [5, 5.41) is 8.40. The summed E-state index contributed by atoms with van der Waals surface area (Å²) >= 11 is 0. The molecule has 0 spiro atoms. The zero-order chi connectivity index (χ0) is 14.5. The van der Waals surface area contributed by atoms with Crippen LogP contribution in [-0.2, 0) is 11.2 Å². The van der Waals surface area contributed by atoms with Gasteiger partial charge in [0.1, 0.15) is 5.82 Å². The first-order chi connectivity index (χ1) is 9.56. The van der Waals surface area contributed by atoms with Gasteiger partial charge in [-0.25, -0.2) is 10.1 Å². The van der Waals surface area contributed by atoms with E-state index in [0.29, 0.717) is 12.2 Å². The maximum Gasteiger partial charge on any atom is 0.236 e. The van der Waals surface area contributed by atoms with Gasteiger partial charge in [0, 0.05) is 25.1 Å². The highest BCUT2D eigenvalue weighted by atomic mass is 16.2. The Morgan fingerprint density at radius 1 is 1.35 bits per heavy atom. The van der Waals surface area contributed by atoms with Crippen molar-refractivity contribution in [2.45, 2.75) is 20.3 Å². The summed E-state index contributed by atoms with van der Waals surface area (Å²) in [5.41, 5.74) is 10.8. The fourth-order valence-corrected chi connectivity index (χ4v) is 1.79. The van der Waals surface area contributed by atoms with Crippen molar-refractivity contribution in [1.29, 1.82) is 0 Å². The van der Waals surface area contributed by atoms with Crippen LogP contribution in [0.3, 0.4) is 0 Å². The van der Waals surface area contributed by atoms with Crippen molar-refractivity contribution >= 4 is 17.4 Å². The molecule has 0 saturated heterocycles. The van der Waals surface area contributed by atoms with Crippen LogP contribution in [0.2, 0.25) is 0 Å². The highest BCUT2D eigenvalue weighted by molar-refractivity contribution is 5.85. The molecule has 0 atom stereocenters. The molecular weight excluding hydrogens is 254 g/mol. The lowest BCUT2D eigenvalue weighted by atomic mass is 10.2. The number of hydrogen-bond acceptors (Lipinski definition) is 4. The van der Waals surface area contributed by atoms with Crippen molar-refractivity contribution in [3.63, 3.8) is 0 Å². The number of anilines is 1. The maximum atomic E-state index is 10.8. The van der Waals surface area contributed by atoms with E-state index in [-0.39, 0.29) is 5.91 Å². The summed E-state index contributed by atoms with van der Waals surface area (Å²) in [6, 6.07) is 11.5. The van der Waals surface area contributed by atoms with E-state index in [1.165, 1.54) is 6.92 Å². The molecule has 1 amide bonds. The number of para-hydroxylation sites is 1. The standard InChI is InChI=1S/C14H17N5O/c1-10(16-17-11(2)20)8-12-9-14(15)19(18-12)13-6-4-3-5-7-13/h3-7,9H,8,15H2,1-2H3,(H,17,20)/b16-10+. The van der Waals surface area contributed by atoms with Gasteiger partial charge in [0.25, 0.3) is 0 Å². The number of aromatic nitrogens is 2. The molecule has 0 bridgehead atoms. The Balaban J connectivity index is 2.16. The second kappa shape index (κ2) is 6.01. The second-order valence-electron chi connectivity index (χ2n) is 4.50. The zero-order valence-corrected chi connectivity index (χ0v) is 11.5. The van der Waals surface area contributed by atoms with E-state index in [9.17, 15) is 4.79 Å². The van der Waals surface area contributed by atoms with Crippen molar-refractivity contribution in [2.75, 3.05) is 5.73 Å². The molecule has 104 valence electrons. The molecular formula is C14H17N5O. The van der Waals surface area contributed by atoms with Crippen LogP contribution >= 0.6 is 0 Å². The van der Waals surface area contributed by atoms with E-state index in [4.69, 9.17) is 5.73 Å². The average molecular weight is 271 g/mol. The van der Waals surface area contributed by atoms with Gasteiger partial charge in [-0.15, -0.1) is 0 Å². The summed E-state index contributed by atoms with van der Waals surface area (Å²) in [6.45, 7) is 3.24. The van der Waals surface area contributed by atoms with Crippen molar-refractivity contribution < 1.29 is 4.79 Å². The van der Waals surface area contributed by atoms with Crippen LogP contribution in [0, 0.1) is 0 Å².